The fourth-order valence-corrected chi connectivity index (χ4v) is 2.28. The number of benzene rings is 1. The van der Waals surface area contributed by atoms with E-state index in [1.54, 1.807) is 7.11 Å². The first-order valence-corrected chi connectivity index (χ1v) is 5.90. The van der Waals surface area contributed by atoms with E-state index in [1.165, 1.54) is 12.0 Å². The molecule has 0 aliphatic carbocycles. The molecule has 88 valence electrons. The Bertz CT molecular complexity index is 334. The van der Waals surface area contributed by atoms with E-state index in [1.807, 2.05) is 18.2 Å². The Balaban J connectivity index is 1.98. The molecule has 0 aromatic heterocycles. The second-order valence-corrected chi connectivity index (χ2v) is 4.48. The highest BCUT2D eigenvalue weighted by Crippen LogP contribution is 2.25. The van der Waals surface area contributed by atoms with Crippen LogP contribution in [0.15, 0.2) is 24.3 Å². The van der Waals surface area contributed by atoms with E-state index in [2.05, 4.69) is 11.4 Å². The molecule has 1 saturated heterocycles. The zero-order valence-electron chi connectivity index (χ0n) is 9.78. The normalized spacial score (nSPS) is 22.0. The molecule has 0 amide bonds. The standard InChI is InChI=1S/C13H20N2O/c1-16-12-4-2-3-11(8-12)13(14)7-10-5-6-15-9-10/h2-4,8,10,13,15H,5-7,9,14H2,1H3. The molecule has 1 fully saturated rings. The van der Waals surface area contributed by atoms with Gasteiger partial charge in [0.1, 0.15) is 5.75 Å². The van der Waals surface area contributed by atoms with Gasteiger partial charge in [-0.3, -0.25) is 0 Å². The van der Waals surface area contributed by atoms with Crippen LogP contribution in [0.2, 0.25) is 0 Å². The molecule has 0 spiro atoms. The van der Waals surface area contributed by atoms with Gasteiger partial charge in [0, 0.05) is 6.04 Å². The van der Waals surface area contributed by atoms with Crippen molar-refractivity contribution in [2.45, 2.75) is 18.9 Å². The summed E-state index contributed by atoms with van der Waals surface area (Å²) in [7, 11) is 1.69. The molecule has 1 aromatic carbocycles. The van der Waals surface area contributed by atoms with Gasteiger partial charge >= 0.3 is 0 Å². The molecule has 2 rings (SSSR count). The van der Waals surface area contributed by atoms with Gasteiger partial charge in [0.05, 0.1) is 7.11 Å². The summed E-state index contributed by atoms with van der Waals surface area (Å²) in [5, 5.41) is 3.37. The highest BCUT2D eigenvalue weighted by molar-refractivity contribution is 5.30. The van der Waals surface area contributed by atoms with Crippen LogP contribution in [0.1, 0.15) is 24.4 Å². The van der Waals surface area contributed by atoms with Crippen molar-refractivity contribution in [3.63, 3.8) is 0 Å². The lowest BCUT2D eigenvalue weighted by Crippen LogP contribution is -2.17. The van der Waals surface area contributed by atoms with Gasteiger partial charge in [0.2, 0.25) is 0 Å². The average Bonchev–Trinajstić information content (AvgIpc) is 2.82. The van der Waals surface area contributed by atoms with Gasteiger partial charge in [0.15, 0.2) is 0 Å². The van der Waals surface area contributed by atoms with Crippen LogP contribution in [0, 0.1) is 5.92 Å². The summed E-state index contributed by atoms with van der Waals surface area (Å²) in [6.45, 7) is 2.24. The van der Waals surface area contributed by atoms with Crippen molar-refractivity contribution < 1.29 is 4.74 Å². The van der Waals surface area contributed by atoms with Crippen molar-refractivity contribution in [2.24, 2.45) is 11.7 Å². The predicted molar refractivity (Wildman–Crippen MR) is 65.5 cm³/mol. The Labute approximate surface area is 97.0 Å². The van der Waals surface area contributed by atoms with Gasteiger partial charge in [-0.25, -0.2) is 0 Å². The molecule has 3 nitrogen and oxygen atoms in total. The first-order valence-electron chi connectivity index (χ1n) is 5.90. The first kappa shape index (κ1) is 11.4. The van der Waals surface area contributed by atoms with E-state index in [0.717, 1.165) is 31.2 Å². The molecule has 2 unspecified atom stereocenters. The Kier molecular flexibility index (Phi) is 3.80. The zero-order chi connectivity index (χ0) is 11.4. The fourth-order valence-electron chi connectivity index (χ4n) is 2.28. The summed E-state index contributed by atoms with van der Waals surface area (Å²) < 4.78 is 5.21. The van der Waals surface area contributed by atoms with Crippen molar-refractivity contribution >= 4 is 0 Å². The van der Waals surface area contributed by atoms with Crippen LogP contribution in [0.25, 0.3) is 0 Å². The van der Waals surface area contributed by atoms with E-state index < -0.39 is 0 Å². The van der Waals surface area contributed by atoms with Gasteiger partial charge in [-0.05, 0) is 49.5 Å². The third-order valence-corrected chi connectivity index (χ3v) is 3.27. The molecule has 3 N–H and O–H groups in total. The van der Waals surface area contributed by atoms with Gasteiger partial charge < -0.3 is 15.8 Å². The van der Waals surface area contributed by atoms with Crippen molar-refractivity contribution in [3.05, 3.63) is 29.8 Å². The SMILES string of the molecule is COc1cccc(C(N)CC2CCNC2)c1. The van der Waals surface area contributed by atoms with E-state index in [0.29, 0.717) is 0 Å². The first-order chi connectivity index (χ1) is 7.79. The minimum Gasteiger partial charge on any atom is -0.497 e. The van der Waals surface area contributed by atoms with Crippen LogP contribution < -0.4 is 15.8 Å². The Morgan fingerprint density at radius 1 is 1.56 bits per heavy atom. The maximum absolute atomic E-state index is 6.22. The second-order valence-electron chi connectivity index (χ2n) is 4.48. The van der Waals surface area contributed by atoms with Crippen LogP contribution in [0.3, 0.4) is 0 Å². The van der Waals surface area contributed by atoms with Crippen molar-refractivity contribution in [2.75, 3.05) is 20.2 Å². The summed E-state index contributed by atoms with van der Waals surface area (Å²) in [5.74, 6) is 1.61. The maximum atomic E-state index is 6.22. The van der Waals surface area contributed by atoms with Crippen LogP contribution in [-0.4, -0.2) is 20.2 Å². The van der Waals surface area contributed by atoms with Crippen molar-refractivity contribution in [3.8, 4) is 5.75 Å². The molecule has 2 atom stereocenters. The fraction of sp³-hybridized carbons (Fsp3) is 0.538. The number of nitrogens with one attached hydrogen (secondary N) is 1. The molecule has 0 saturated carbocycles. The number of methoxy groups -OCH3 is 1. The summed E-state index contributed by atoms with van der Waals surface area (Å²) in [6.07, 6.45) is 2.30. The van der Waals surface area contributed by atoms with E-state index in [-0.39, 0.29) is 6.04 Å². The number of ether oxygens (including phenoxy) is 1. The summed E-state index contributed by atoms with van der Waals surface area (Å²) >= 11 is 0. The van der Waals surface area contributed by atoms with Gasteiger partial charge in [-0.2, -0.15) is 0 Å². The van der Waals surface area contributed by atoms with Crippen molar-refractivity contribution in [1.29, 1.82) is 0 Å². The van der Waals surface area contributed by atoms with Crippen LogP contribution in [0.5, 0.6) is 5.75 Å². The van der Waals surface area contributed by atoms with Gasteiger partial charge in [-0.1, -0.05) is 12.1 Å². The van der Waals surface area contributed by atoms with Crippen LogP contribution in [0.4, 0.5) is 0 Å². The Morgan fingerprint density at radius 2 is 2.44 bits per heavy atom. The Morgan fingerprint density at radius 3 is 3.12 bits per heavy atom. The summed E-state index contributed by atoms with van der Waals surface area (Å²) in [5.41, 5.74) is 7.39. The topological polar surface area (TPSA) is 47.3 Å². The Hall–Kier alpha value is -1.06. The molecule has 1 aliphatic rings. The molecular weight excluding hydrogens is 200 g/mol. The average molecular weight is 220 g/mol. The van der Waals surface area contributed by atoms with E-state index >= 15 is 0 Å². The molecule has 0 radical (unpaired) electrons. The lowest BCUT2D eigenvalue weighted by atomic mass is 9.95. The monoisotopic (exact) mass is 220 g/mol. The molecule has 0 bridgehead atoms. The lowest BCUT2D eigenvalue weighted by Gasteiger charge is -2.16. The summed E-state index contributed by atoms with van der Waals surface area (Å²) in [6, 6.07) is 8.19. The molecule has 1 aromatic rings. The number of nitrogens with two attached hydrogens (primary N) is 1. The van der Waals surface area contributed by atoms with Crippen LogP contribution >= 0.6 is 0 Å². The number of hydrogen-bond donors (Lipinski definition) is 2. The zero-order valence-corrected chi connectivity index (χ0v) is 9.78. The highest BCUT2D eigenvalue weighted by atomic mass is 16.5. The minimum atomic E-state index is 0.125. The molecular formula is C13H20N2O. The van der Waals surface area contributed by atoms with Gasteiger partial charge in [-0.15, -0.1) is 0 Å². The molecule has 16 heavy (non-hydrogen) atoms. The van der Waals surface area contributed by atoms with Gasteiger partial charge in [0.25, 0.3) is 0 Å². The van der Waals surface area contributed by atoms with Crippen molar-refractivity contribution in [1.82, 2.24) is 5.32 Å². The van der Waals surface area contributed by atoms with Crippen LogP contribution in [-0.2, 0) is 0 Å². The van der Waals surface area contributed by atoms with E-state index in [9.17, 15) is 0 Å². The maximum Gasteiger partial charge on any atom is 0.119 e. The highest BCUT2D eigenvalue weighted by Gasteiger charge is 2.18. The minimum absolute atomic E-state index is 0.125. The molecule has 1 aliphatic heterocycles. The lowest BCUT2D eigenvalue weighted by molar-refractivity contribution is 0.412. The third-order valence-electron chi connectivity index (χ3n) is 3.27. The second kappa shape index (κ2) is 5.32. The third kappa shape index (κ3) is 2.74. The number of hydrogen-bond acceptors (Lipinski definition) is 3. The summed E-state index contributed by atoms with van der Waals surface area (Å²) in [4.78, 5) is 0. The number of rotatable bonds is 4. The largest absolute Gasteiger partial charge is 0.497 e. The van der Waals surface area contributed by atoms with E-state index in [4.69, 9.17) is 10.5 Å². The smallest absolute Gasteiger partial charge is 0.119 e. The predicted octanol–water partition coefficient (Wildman–Crippen LogP) is 1.69. The molecule has 1 heterocycles. The quantitative estimate of drug-likeness (QED) is 0.812. The molecule has 3 heteroatoms.